The van der Waals surface area contributed by atoms with Gasteiger partial charge in [-0.1, -0.05) is 37.6 Å². The van der Waals surface area contributed by atoms with Crippen molar-refractivity contribution in [2.75, 3.05) is 30.3 Å². The fraction of sp³-hybridized carbons (Fsp3) is 0.278. The average molecular weight is 396 g/mol. The Balaban J connectivity index is 1.97. The molecule has 0 fully saturated rings. The second-order valence-corrected chi connectivity index (χ2v) is 7.84. The van der Waals surface area contributed by atoms with Gasteiger partial charge in [0.05, 0.1) is 22.2 Å². The molecule has 0 spiro atoms. The molecule has 0 aliphatic rings. The molecule has 8 heteroatoms. The number of nitrogens with zero attached hydrogens (tertiary/aromatic N) is 1. The molecule has 0 radical (unpaired) electrons. The molecule has 0 unspecified atom stereocenters. The van der Waals surface area contributed by atoms with E-state index in [0.717, 1.165) is 0 Å². The number of para-hydroxylation sites is 1. The lowest BCUT2D eigenvalue weighted by Crippen LogP contribution is -2.30. The number of carbonyl (C=O) groups excluding carboxylic acids is 1. The third-order valence-electron chi connectivity index (χ3n) is 3.80. The van der Waals surface area contributed by atoms with E-state index in [1.807, 2.05) is 0 Å². The predicted molar refractivity (Wildman–Crippen MR) is 105 cm³/mol. The minimum atomic E-state index is -3.48. The monoisotopic (exact) mass is 395 g/mol. The summed E-state index contributed by atoms with van der Waals surface area (Å²) < 4.78 is 26.3. The summed E-state index contributed by atoms with van der Waals surface area (Å²) in [6, 6.07) is 13.3. The van der Waals surface area contributed by atoms with E-state index in [-0.39, 0.29) is 17.3 Å². The summed E-state index contributed by atoms with van der Waals surface area (Å²) in [6.07, 6.45) is 0. The maximum atomic E-state index is 12.4. The van der Waals surface area contributed by atoms with Crippen LogP contribution < -0.4 is 10.6 Å². The summed E-state index contributed by atoms with van der Waals surface area (Å²) in [5, 5.41) is 6.13. The number of rotatable bonds is 8. The minimum absolute atomic E-state index is 0.0351. The molecule has 26 heavy (non-hydrogen) atoms. The molecule has 0 saturated carbocycles. The Morgan fingerprint density at radius 1 is 1.04 bits per heavy atom. The second kappa shape index (κ2) is 9.02. The van der Waals surface area contributed by atoms with Crippen LogP contribution in [0.4, 0.5) is 11.4 Å². The van der Waals surface area contributed by atoms with Gasteiger partial charge in [-0.25, -0.2) is 8.42 Å². The number of carbonyl (C=O) groups is 1. The number of sulfonamides is 1. The molecule has 0 bridgehead atoms. The smallest absolute Gasteiger partial charge is 0.243 e. The van der Waals surface area contributed by atoms with Crippen LogP contribution in [-0.2, 0) is 14.8 Å². The number of hydrogen-bond acceptors (Lipinski definition) is 4. The number of nitrogens with one attached hydrogen (secondary N) is 2. The lowest BCUT2D eigenvalue weighted by molar-refractivity contribution is -0.114. The fourth-order valence-electron chi connectivity index (χ4n) is 2.40. The first kappa shape index (κ1) is 20.2. The van der Waals surface area contributed by atoms with Crippen LogP contribution in [0.2, 0.25) is 5.02 Å². The van der Waals surface area contributed by atoms with Gasteiger partial charge in [-0.05, 0) is 36.4 Å². The van der Waals surface area contributed by atoms with Gasteiger partial charge >= 0.3 is 0 Å². The van der Waals surface area contributed by atoms with Gasteiger partial charge in [0, 0.05) is 18.8 Å². The highest BCUT2D eigenvalue weighted by Crippen LogP contribution is 2.21. The molecule has 2 aromatic carbocycles. The quantitative estimate of drug-likeness (QED) is 0.717. The maximum Gasteiger partial charge on any atom is 0.243 e. The van der Waals surface area contributed by atoms with Crippen molar-refractivity contribution in [3.63, 3.8) is 0 Å². The molecular weight excluding hydrogens is 374 g/mol. The van der Waals surface area contributed by atoms with Gasteiger partial charge in [-0.3, -0.25) is 4.79 Å². The highest BCUT2D eigenvalue weighted by atomic mass is 35.5. The Bertz CT molecular complexity index is 850. The summed E-state index contributed by atoms with van der Waals surface area (Å²) in [5.74, 6) is -0.252. The highest BCUT2D eigenvalue weighted by Gasteiger charge is 2.21. The number of amides is 1. The molecule has 0 saturated heterocycles. The van der Waals surface area contributed by atoms with E-state index in [1.165, 1.54) is 16.4 Å². The Morgan fingerprint density at radius 2 is 1.65 bits per heavy atom. The maximum absolute atomic E-state index is 12.4. The van der Waals surface area contributed by atoms with Crippen LogP contribution in [0, 0.1) is 0 Å². The largest absolute Gasteiger partial charge is 0.376 e. The van der Waals surface area contributed by atoms with Crippen molar-refractivity contribution in [3.8, 4) is 0 Å². The van der Waals surface area contributed by atoms with Gasteiger partial charge in [0.1, 0.15) is 0 Å². The van der Waals surface area contributed by atoms with E-state index >= 15 is 0 Å². The summed E-state index contributed by atoms with van der Waals surface area (Å²) >= 11 is 6.00. The molecule has 6 nitrogen and oxygen atoms in total. The van der Waals surface area contributed by atoms with Crippen molar-refractivity contribution in [2.24, 2.45) is 0 Å². The number of halogens is 1. The Labute approximate surface area is 159 Å². The molecule has 1 amide bonds. The van der Waals surface area contributed by atoms with E-state index in [2.05, 4.69) is 10.6 Å². The molecule has 0 aliphatic carbocycles. The van der Waals surface area contributed by atoms with E-state index in [0.29, 0.717) is 29.5 Å². The van der Waals surface area contributed by atoms with Crippen LogP contribution in [-0.4, -0.2) is 38.3 Å². The molecule has 2 rings (SSSR count). The molecule has 0 heterocycles. The zero-order valence-corrected chi connectivity index (χ0v) is 16.3. The van der Waals surface area contributed by atoms with Crippen LogP contribution in [0.1, 0.15) is 13.8 Å². The number of anilines is 2. The lowest BCUT2D eigenvalue weighted by Gasteiger charge is -2.18. The van der Waals surface area contributed by atoms with Crippen molar-refractivity contribution in [2.45, 2.75) is 18.7 Å². The van der Waals surface area contributed by atoms with Crippen LogP contribution in [0.25, 0.3) is 0 Å². The van der Waals surface area contributed by atoms with Gasteiger partial charge in [0.15, 0.2) is 0 Å². The lowest BCUT2D eigenvalue weighted by atomic mass is 10.3. The first-order valence-corrected chi connectivity index (χ1v) is 10.1. The Morgan fingerprint density at radius 3 is 2.23 bits per heavy atom. The fourth-order valence-corrected chi connectivity index (χ4v) is 4.04. The molecular formula is C18H22ClN3O3S. The first-order valence-electron chi connectivity index (χ1n) is 8.27. The van der Waals surface area contributed by atoms with Crippen molar-refractivity contribution < 1.29 is 13.2 Å². The van der Waals surface area contributed by atoms with E-state index in [4.69, 9.17) is 11.6 Å². The normalized spacial score (nSPS) is 11.4. The van der Waals surface area contributed by atoms with Crippen LogP contribution in [0.3, 0.4) is 0 Å². The van der Waals surface area contributed by atoms with Crippen LogP contribution in [0.5, 0.6) is 0 Å². The minimum Gasteiger partial charge on any atom is -0.376 e. The van der Waals surface area contributed by atoms with Gasteiger partial charge in [-0.2, -0.15) is 4.31 Å². The zero-order chi connectivity index (χ0) is 19.2. The Kier molecular flexibility index (Phi) is 7.02. The molecule has 2 N–H and O–H groups in total. The van der Waals surface area contributed by atoms with Crippen molar-refractivity contribution >= 4 is 38.9 Å². The van der Waals surface area contributed by atoms with Gasteiger partial charge in [0.2, 0.25) is 15.9 Å². The third kappa shape index (κ3) is 4.97. The summed E-state index contributed by atoms with van der Waals surface area (Å²) in [5.41, 5.74) is 1.19. The molecule has 0 atom stereocenters. The van der Waals surface area contributed by atoms with E-state index < -0.39 is 10.0 Å². The summed E-state index contributed by atoms with van der Waals surface area (Å²) in [7, 11) is -3.48. The SMILES string of the molecule is CCN(CC)S(=O)(=O)c1ccc(NCC(=O)Nc2ccccc2Cl)cc1. The highest BCUT2D eigenvalue weighted by molar-refractivity contribution is 7.89. The number of hydrogen-bond donors (Lipinski definition) is 2. The van der Waals surface area contributed by atoms with Crippen molar-refractivity contribution in [3.05, 3.63) is 53.6 Å². The van der Waals surface area contributed by atoms with Gasteiger partial charge in [0.25, 0.3) is 0 Å². The standard InChI is InChI=1S/C18H22ClN3O3S/c1-3-22(4-2)26(24,25)15-11-9-14(10-12-15)20-13-18(23)21-17-8-6-5-7-16(17)19/h5-12,20H,3-4,13H2,1-2H3,(H,21,23). The van der Waals surface area contributed by atoms with Crippen molar-refractivity contribution in [1.82, 2.24) is 4.31 Å². The predicted octanol–water partition coefficient (Wildman–Crippen LogP) is 3.42. The Hall–Kier alpha value is -2.09. The van der Waals surface area contributed by atoms with E-state index in [9.17, 15) is 13.2 Å². The van der Waals surface area contributed by atoms with Gasteiger partial charge in [-0.15, -0.1) is 0 Å². The molecule has 0 aliphatic heterocycles. The summed E-state index contributed by atoms with van der Waals surface area (Å²) in [4.78, 5) is 12.2. The number of benzene rings is 2. The second-order valence-electron chi connectivity index (χ2n) is 5.50. The van der Waals surface area contributed by atoms with Gasteiger partial charge < -0.3 is 10.6 Å². The first-order chi connectivity index (χ1) is 12.4. The van der Waals surface area contributed by atoms with E-state index in [1.54, 1.807) is 50.2 Å². The summed E-state index contributed by atoms with van der Waals surface area (Å²) in [6.45, 7) is 4.47. The molecule has 2 aromatic rings. The third-order valence-corrected chi connectivity index (χ3v) is 6.19. The zero-order valence-electron chi connectivity index (χ0n) is 14.7. The molecule has 0 aromatic heterocycles. The topological polar surface area (TPSA) is 78.5 Å². The average Bonchev–Trinajstić information content (AvgIpc) is 2.63. The van der Waals surface area contributed by atoms with Crippen molar-refractivity contribution in [1.29, 1.82) is 0 Å². The van der Waals surface area contributed by atoms with Crippen LogP contribution in [0.15, 0.2) is 53.4 Å². The van der Waals surface area contributed by atoms with Crippen LogP contribution >= 0.6 is 11.6 Å². The molecule has 140 valence electrons.